The van der Waals surface area contributed by atoms with Crippen molar-refractivity contribution in [2.75, 3.05) is 26.8 Å². The van der Waals surface area contributed by atoms with Gasteiger partial charge in [-0.3, -0.25) is 0 Å². The Morgan fingerprint density at radius 1 is 1.42 bits per heavy atom. The van der Waals surface area contributed by atoms with E-state index in [4.69, 9.17) is 21.1 Å². The topological polar surface area (TPSA) is 76.7 Å². The van der Waals surface area contributed by atoms with E-state index in [1.807, 2.05) is 6.92 Å². The minimum absolute atomic E-state index is 0.00209. The molecule has 0 saturated carbocycles. The Bertz CT molecular complexity index is 633. The fraction of sp³-hybridized carbons (Fsp3) is 0.625. The molecule has 1 saturated heterocycles. The molecule has 136 valence electrons. The van der Waals surface area contributed by atoms with Crippen LogP contribution in [0.1, 0.15) is 26.2 Å². The molecule has 0 amide bonds. The zero-order valence-electron chi connectivity index (χ0n) is 14.0. The molecule has 6 nitrogen and oxygen atoms in total. The first-order valence-corrected chi connectivity index (χ1v) is 9.99. The summed E-state index contributed by atoms with van der Waals surface area (Å²) in [7, 11) is -1.94. The lowest BCUT2D eigenvalue weighted by Crippen LogP contribution is -2.37. The third-order valence-corrected chi connectivity index (χ3v) is 5.65. The fourth-order valence-electron chi connectivity index (χ4n) is 2.35. The second-order valence-corrected chi connectivity index (χ2v) is 8.10. The number of benzene rings is 1. The van der Waals surface area contributed by atoms with Crippen molar-refractivity contribution in [3.05, 3.63) is 23.2 Å². The first kappa shape index (κ1) is 19.5. The number of hydrogen-bond acceptors (Lipinski definition) is 5. The van der Waals surface area contributed by atoms with Crippen molar-refractivity contribution in [3.8, 4) is 5.75 Å². The van der Waals surface area contributed by atoms with Gasteiger partial charge in [0, 0.05) is 24.2 Å². The van der Waals surface area contributed by atoms with Crippen LogP contribution in [-0.4, -0.2) is 47.4 Å². The summed E-state index contributed by atoms with van der Waals surface area (Å²) in [4.78, 5) is 0.0501. The zero-order valence-corrected chi connectivity index (χ0v) is 15.6. The number of sulfonamides is 1. The van der Waals surface area contributed by atoms with Gasteiger partial charge >= 0.3 is 0 Å². The van der Waals surface area contributed by atoms with Gasteiger partial charge in [-0.1, -0.05) is 11.6 Å². The molecule has 0 bridgehead atoms. The van der Waals surface area contributed by atoms with Gasteiger partial charge in [-0.2, -0.15) is 0 Å². The molecule has 24 heavy (non-hydrogen) atoms. The van der Waals surface area contributed by atoms with Crippen molar-refractivity contribution in [3.63, 3.8) is 0 Å². The van der Waals surface area contributed by atoms with Crippen LogP contribution in [0.3, 0.4) is 0 Å². The van der Waals surface area contributed by atoms with E-state index in [2.05, 4.69) is 10.0 Å². The molecular formula is C16H25ClN2O4S. The third-order valence-electron chi connectivity index (χ3n) is 3.97. The number of likely N-dealkylation sites (N-methyl/N-ethyl adjacent to an activating group) is 1. The lowest BCUT2D eigenvalue weighted by atomic mass is 10.1. The zero-order chi connectivity index (χ0) is 17.6. The average molecular weight is 377 g/mol. The van der Waals surface area contributed by atoms with Crippen LogP contribution in [0.4, 0.5) is 0 Å². The van der Waals surface area contributed by atoms with E-state index >= 15 is 0 Å². The van der Waals surface area contributed by atoms with Gasteiger partial charge in [-0.05, 0) is 51.4 Å². The molecule has 8 heteroatoms. The molecule has 2 rings (SSSR count). The third kappa shape index (κ3) is 5.60. The van der Waals surface area contributed by atoms with Crippen LogP contribution in [0, 0.1) is 0 Å². The highest BCUT2D eigenvalue weighted by molar-refractivity contribution is 7.89. The Kier molecular flexibility index (Phi) is 7.31. The van der Waals surface area contributed by atoms with Crippen LogP contribution in [0.5, 0.6) is 5.75 Å². The van der Waals surface area contributed by atoms with Crippen molar-refractivity contribution in [1.82, 2.24) is 10.0 Å². The molecule has 0 radical (unpaired) electrons. The minimum Gasteiger partial charge on any atom is -0.489 e. The summed E-state index contributed by atoms with van der Waals surface area (Å²) < 4.78 is 39.1. The number of nitrogens with one attached hydrogen (secondary N) is 2. The molecule has 1 aromatic rings. The lowest BCUT2D eigenvalue weighted by Gasteiger charge is -2.23. The normalized spacial score (nSPS) is 19.9. The van der Waals surface area contributed by atoms with Gasteiger partial charge in [0.2, 0.25) is 10.0 Å². The van der Waals surface area contributed by atoms with E-state index in [1.54, 1.807) is 19.2 Å². The molecule has 1 aliphatic heterocycles. The summed E-state index contributed by atoms with van der Waals surface area (Å²) in [6, 6.07) is 4.62. The van der Waals surface area contributed by atoms with Crippen molar-refractivity contribution >= 4 is 21.6 Å². The van der Waals surface area contributed by atoms with E-state index in [9.17, 15) is 8.42 Å². The number of ether oxygens (including phenoxy) is 2. The van der Waals surface area contributed by atoms with Gasteiger partial charge in [0.05, 0.1) is 6.10 Å². The van der Waals surface area contributed by atoms with Crippen molar-refractivity contribution in [1.29, 1.82) is 0 Å². The van der Waals surface area contributed by atoms with Gasteiger partial charge < -0.3 is 14.8 Å². The minimum atomic E-state index is -3.71. The number of halogens is 1. The first-order chi connectivity index (χ1) is 11.4. The molecule has 1 fully saturated rings. The Hall–Kier alpha value is -0.860. The highest BCUT2D eigenvalue weighted by atomic mass is 35.5. The predicted octanol–water partition coefficient (Wildman–Crippen LogP) is 2.17. The molecule has 1 heterocycles. The standard InChI is InChI=1S/C16H25ClN2O4S/c1-12(18-2)10-19-24(20,21)16-9-13(17)6-7-15(16)23-11-14-5-3-4-8-22-14/h6-7,9,12,14,18-19H,3-5,8,10-11H2,1-2H3. The van der Waals surface area contributed by atoms with E-state index in [-0.39, 0.29) is 29.3 Å². The summed E-state index contributed by atoms with van der Waals surface area (Å²) in [6.07, 6.45) is 3.09. The molecule has 0 spiro atoms. The number of hydrogen-bond donors (Lipinski definition) is 2. The van der Waals surface area contributed by atoms with E-state index in [1.165, 1.54) is 6.07 Å². The van der Waals surface area contributed by atoms with Crippen LogP contribution in [0.15, 0.2) is 23.1 Å². The molecule has 0 aliphatic carbocycles. The van der Waals surface area contributed by atoms with Crippen molar-refractivity contribution in [2.45, 2.75) is 43.2 Å². The largest absolute Gasteiger partial charge is 0.489 e. The van der Waals surface area contributed by atoms with E-state index < -0.39 is 10.0 Å². The second-order valence-electron chi connectivity index (χ2n) is 5.93. The quantitative estimate of drug-likeness (QED) is 0.727. The highest BCUT2D eigenvalue weighted by Crippen LogP contribution is 2.28. The van der Waals surface area contributed by atoms with Gasteiger partial charge in [-0.15, -0.1) is 0 Å². The molecule has 0 aromatic heterocycles. The van der Waals surface area contributed by atoms with Crippen molar-refractivity contribution in [2.24, 2.45) is 0 Å². The maximum Gasteiger partial charge on any atom is 0.244 e. The van der Waals surface area contributed by atoms with Crippen LogP contribution in [-0.2, 0) is 14.8 Å². The summed E-state index contributed by atoms with van der Waals surface area (Å²) in [5, 5.41) is 3.33. The fourth-order valence-corrected chi connectivity index (χ4v) is 3.88. The smallest absolute Gasteiger partial charge is 0.244 e. The SMILES string of the molecule is CNC(C)CNS(=O)(=O)c1cc(Cl)ccc1OCC1CCCCO1. The monoisotopic (exact) mass is 376 g/mol. The maximum absolute atomic E-state index is 12.6. The van der Waals surface area contributed by atoms with Gasteiger partial charge in [0.25, 0.3) is 0 Å². The molecule has 1 aromatic carbocycles. The Morgan fingerprint density at radius 2 is 2.21 bits per heavy atom. The molecule has 2 atom stereocenters. The van der Waals surface area contributed by atoms with E-state index in [0.717, 1.165) is 25.9 Å². The van der Waals surface area contributed by atoms with Gasteiger partial charge in [-0.25, -0.2) is 13.1 Å². The second kappa shape index (κ2) is 9.01. The molecule has 2 N–H and O–H groups in total. The molecule has 2 unspecified atom stereocenters. The summed E-state index contributed by atoms with van der Waals surface area (Å²) in [5.41, 5.74) is 0. The predicted molar refractivity (Wildman–Crippen MR) is 94.2 cm³/mol. The van der Waals surface area contributed by atoms with Crippen LogP contribution in [0.2, 0.25) is 5.02 Å². The lowest BCUT2D eigenvalue weighted by molar-refractivity contribution is -0.0116. The molecular weight excluding hydrogens is 352 g/mol. The Morgan fingerprint density at radius 3 is 2.88 bits per heavy atom. The summed E-state index contributed by atoms with van der Waals surface area (Å²) in [5.74, 6) is 0.290. The van der Waals surface area contributed by atoms with Gasteiger partial charge in [0.1, 0.15) is 17.3 Å². The summed E-state index contributed by atoms with van der Waals surface area (Å²) in [6.45, 7) is 3.22. The molecule has 1 aliphatic rings. The van der Waals surface area contributed by atoms with Crippen molar-refractivity contribution < 1.29 is 17.9 Å². The van der Waals surface area contributed by atoms with Crippen LogP contribution < -0.4 is 14.8 Å². The Labute approximate surface area is 148 Å². The summed E-state index contributed by atoms with van der Waals surface area (Å²) >= 11 is 5.98. The maximum atomic E-state index is 12.6. The van der Waals surface area contributed by atoms with Crippen LogP contribution >= 0.6 is 11.6 Å². The van der Waals surface area contributed by atoms with E-state index in [0.29, 0.717) is 11.6 Å². The van der Waals surface area contributed by atoms with Gasteiger partial charge in [0.15, 0.2) is 0 Å². The highest BCUT2D eigenvalue weighted by Gasteiger charge is 2.22. The average Bonchev–Trinajstić information content (AvgIpc) is 2.59. The number of rotatable bonds is 8. The Balaban J connectivity index is 2.11. The van der Waals surface area contributed by atoms with Crippen LogP contribution in [0.25, 0.3) is 0 Å². The first-order valence-electron chi connectivity index (χ1n) is 8.13.